The van der Waals surface area contributed by atoms with Crippen LogP contribution < -0.4 is 15.4 Å². The van der Waals surface area contributed by atoms with Crippen molar-refractivity contribution in [3.05, 3.63) is 70.6 Å². The number of nitrogens with two attached hydrogens (primary N) is 1. The normalized spacial score (nSPS) is 21.5. The Labute approximate surface area is 202 Å². The van der Waals surface area contributed by atoms with Gasteiger partial charge < -0.3 is 20.1 Å². The number of anilines is 1. The van der Waals surface area contributed by atoms with E-state index in [9.17, 15) is 4.39 Å². The van der Waals surface area contributed by atoms with Crippen LogP contribution in [-0.4, -0.2) is 37.1 Å². The molecule has 1 saturated heterocycles. The fourth-order valence-corrected chi connectivity index (χ4v) is 5.28. The van der Waals surface area contributed by atoms with Crippen molar-refractivity contribution in [1.29, 1.82) is 0 Å². The van der Waals surface area contributed by atoms with Crippen LogP contribution in [-0.2, 0) is 10.3 Å². The van der Waals surface area contributed by atoms with Gasteiger partial charge in [-0.2, -0.15) is 0 Å². The molecule has 3 aromatic rings. The molecule has 8 heteroatoms. The highest BCUT2D eigenvalue weighted by molar-refractivity contribution is 6.30. The molecular formula is C26H24ClFN4O2. The SMILES string of the molecule is NC1=N[C@@]2(COC1)c1cc(-c3cc(Cl)ccc3F)ccc1Oc1ncc(N3CCCCC3)cc12. The second kappa shape index (κ2) is 8.25. The van der Waals surface area contributed by atoms with Gasteiger partial charge in [-0.1, -0.05) is 17.7 Å². The highest BCUT2D eigenvalue weighted by Crippen LogP contribution is 2.51. The summed E-state index contributed by atoms with van der Waals surface area (Å²) in [6.45, 7) is 2.52. The number of pyridine rings is 1. The Balaban J connectivity index is 1.53. The Hall–Kier alpha value is -3.16. The molecule has 0 bridgehead atoms. The Bertz CT molecular complexity index is 1310. The summed E-state index contributed by atoms with van der Waals surface area (Å²) < 4.78 is 26.8. The molecule has 1 fully saturated rings. The van der Waals surface area contributed by atoms with Gasteiger partial charge in [-0.05, 0) is 61.2 Å². The third kappa shape index (κ3) is 3.51. The zero-order chi connectivity index (χ0) is 23.3. The van der Waals surface area contributed by atoms with Crippen molar-refractivity contribution < 1.29 is 13.9 Å². The summed E-state index contributed by atoms with van der Waals surface area (Å²) in [6.07, 6.45) is 5.41. The van der Waals surface area contributed by atoms with Crippen LogP contribution in [0.1, 0.15) is 30.4 Å². The molecule has 2 N–H and O–H groups in total. The minimum Gasteiger partial charge on any atom is -0.438 e. The van der Waals surface area contributed by atoms with Gasteiger partial charge in [0.05, 0.1) is 24.1 Å². The first kappa shape index (κ1) is 21.4. The molecule has 0 aliphatic carbocycles. The summed E-state index contributed by atoms with van der Waals surface area (Å²) in [7, 11) is 0. The van der Waals surface area contributed by atoms with E-state index in [4.69, 9.17) is 31.8 Å². The van der Waals surface area contributed by atoms with Gasteiger partial charge in [0.15, 0.2) is 0 Å². The number of fused-ring (bicyclic) bond motifs is 4. The van der Waals surface area contributed by atoms with Gasteiger partial charge >= 0.3 is 0 Å². The number of aromatic nitrogens is 1. The number of amidine groups is 1. The standard InChI is InChI=1S/C26H24ClFN4O2/c27-17-5-6-22(28)19(11-17)16-4-7-23-20(10-16)26(15-33-14-24(29)31-26)21-12-18(13-30-25(21)34-23)32-8-2-1-3-9-32/h4-7,10-13H,1-3,8-9,14-15H2,(H2,29,31)/t26-/m0/s1. The maximum atomic E-state index is 14.7. The van der Waals surface area contributed by atoms with E-state index in [0.717, 1.165) is 42.7 Å². The highest BCUT2D eigenvalue weighted by Gasteiger charge is 2.46. The Morgan fingerprint density at radius 2 is 1.88 bits per heavy atom. The van der Waals surface area contributed by atoms with Crippen molar-refractivity contribution in [2.24, 2.45) is 10.7 Å². The minimum atomic E-state index is -0.935. The molecular weight excluding hydrogens is 455 g/mol. The number of aliphatic imine (C=N–C) groups is 1. The van der Waals surface area contributed by atoms with Gasteiger partial charge in [-0.15, -0.1) is 0 Å². The second-order valence-electron chi connectivity index (χ2n) is 8.99. The molecule has 34 heavy (non-hydrogen) atoms. The first-order valence-corrected chi connectivity index (χ1v) is 11.9. The molecule has 0 amide bonds. The molecule has 6 nitrogen and oxygen atoms in total. The summed E-state index contributed by atoms with van der Waals surface area (Å²) in [5, 5.41) is 0.462. The van der Waals surface area contributed by atoms with Crippen LogP contribution >= 0.6 is 11.6 Å². The topological polar surface area (TPSA) is 73.0 Å². The van der Waals surface area contributed by atoms with E-state index in [1.165, 1.54) is 18.6 Å². The van der Waals surface area contributed by atoms with Gasteiger partial charge in [0.25, 0.3) is 0 Å². The summed E-state index contributed by atoms with van der Waals surface area (Å²) in [4.78, 5) is 11.9. The number of piperidine rings is 1. The highest BCUT2D eigenvalue weighted by atomic mass is 35.5. The summed E-state index contributed by atoms with van der Waals surface area (Å²) in [5.74, 6) is 1.12. The number of ether oxygens (including phenoxy) is 2. The van der Waals surface area contributed by atoms with Crippen LogP contribution in [0.2, 0.25) is 5.02 Å². The number of halogens is 2. The summed E-state index contributed by atoms with van der Waals surface area (Å²) >= 11 is 6.17. The summed E-state index contributed by atoms with van der Waals surface area (Å²) in [6, 6.07) is 12.1. The van der Waals surface area contributed by atoms with Gasteiger partial charge in [0.2, 0.25) is 5.88 Å². The average molecular weight is 479 g/mol. The fourth-order valence-electron chi connectivity index (χ4n) is 5.11. The molecule has 1 aromatic heterocycles. The maximum Gasteiger partial charge on any atom is 0.225 e. The van der Waals surface area contributed by atoms with Gasteiger partial charge in [0.1, 0.15) is 29.5 Å². The molecule has 6 rings (SSSR count). The molecule has 2 aromatic carbocycles. The molecule has 1 spiro atoms. The van der Waals surface area contributed by atoms with E-state index in [-0.39, 0.29) is 19.0 Å². The predicted molar refractivity (Wildman–Crippen MR) is 130 cm³/mol. The molecule has 4 heterocycles. The Kier molecular flexibility index (Phi) is 5.19. The largest absolute Gasteiger partial charge is 0.438 e. The van der Waals surface area contributed by atoms with Crippen LogP contribution in [0, 0.1) is 5.82 Å². The maximum absolute atomic E-state index is 14.7. The zero-order valence-corrected chi connectivity index (χ0v) is 19.3. The number of rotatable bonds is 2. The van der Waals surface area contributed by atoms with Crippen LogP contribution in [0.3, 0.4) is 0 Å². The van der Waals surface area contributed by atoms with E-state index in [0.29, 0.717) is 33.6 Å². The van der Waals surface area contributed by atoms with E-state index in [1.54, 1.807) is 6.07 Å². The number of benzene rings is 2. The van der Waals surface area contributed by atoms with Crippen molar-refractivity contribution >= 4 is 23.1 Å². The number of hydrogen-bond donors (Lipinski definition) is 1. The van der Waals surface area contributed by atoms with Crippen LogP contribution in [0.15, 0.2) is 53.7 Å². The van der Waals surface area contributed by atoms with Crippen molar-refractivity contribution in [2.45, 2.75) is 24.8 Å². The molecule has 0 unspecified atom stereocenters. The first-order valence-electron chi connectivity index (χ1n) is 11.5. The summed E-state index contributed by atoms with van der Waals surface area (Å²) in [5.41, 5.74) is 8.94. The van der Waals surface area contributed by atoms with Crippen molar-refractivity contribution in [2.75, 3.05) is 31.2 Å². The number of hydrogen-bond acceptors (Lipinski definition) is 6. The number of nitrogens with zero attached hydrogens (tertiary/aromatic N) is 3. The zero-order valence-electron chi connectivity index (χ0n) is 18.6. The Morgan fingerprint density at radius 1 is 1.03 bits per heavy atom. The van der Waals surface area contributed by atoms with Crippen LogP contribution in [0.4, 0.5) is 10.1 Å². The van der Waals surface area contributed by atoms with E-state index >= 15 is 0 Å². The molecule has 3 aliphatic heterocycles. The lowest BCUT2D eigenvalue weighted by molar-refractivity contribution is 0.109. The molecule has 1 atom stereocenters. The smallest absolute Gasteiger partial charge is 0.225 e. The lowest BCUT2D eigenvalue weighted by Gasteiger charge is -2.39. The van der Waals surface area contributed by atoms with E-state index in [1.807, 2.05) is 24.4 Å². The third-order valence-corrected chi connectivity index (χ3v) is 7.01. The molecule has 174 valence electrons. The van der Waals surface area contributed by atoms with Crippen molar-refractivity contribution in [1.82, 2.24) is 4.98 Å². The van der Waals surface area contributed by atoms with Crippen LogP contribution in [0.5, 0.6) is 11.6 Å². The quantitative estimate of drug-likeness (QED) is 0.543. The Morgan fingerprint density at radius 3 is 2.71 bits per heavy atom. The fraction of sp³-hybridized carbons (Fsp3) is 0.308. The van der Waals surface area contributed by atoms with E-state index in [2.05, 4.69) is 16.0 Å². The predicted octanol–water partition coefficient (Wildman–Crippen LogP) is 5.27. The van der Waals surface area contributed by atoms with Crippen molar-refractivity contribution in [3.63, 3.8) is 0 Å². The average Bonchev–Trinajstić information content (AvgIpc) is 2.86. The molecule has 3 aliphatic rings. The van der Waals surface area contributed by atoms with Gasteiger partial charge in [0, 0.05) is 29.2 Å². The molecule has 0 radical (unpaired) electrons. The third-order valence-electron chi connectivity index (χ3n) is 6.77. The lowest BCUT2D eigenvalue weighted by atomic mass is 9.80. The monoisotopic (exact) mass is 478 g/mol. The lowest BCUT2D eigenvalue weighted by Crippen LogP contribution is -2.42. The molecule has 0 saturated carbocycles. The minimum absolute atomic E-state index is 0.259. The van der Waals surface area contributed by atoms with Crippen molar-refractivity contribution in [3.8, 4) is 22.8 Å². The van der Waals surface area contributed by atoms with E-state index < -0.39 is 5.54 Å². The first-order chi connectivity index (χ1) is 16.5. The van der Waals surface area contributed by atoms with Crippen LogP contribution in [0.25, 0.3) is 11.1 Å². The van der Waals surface area contributed by atoms with Gasteiger partial charge in [-0.3, -0.25) is 4.99 Å². The van der Waals surface area contributed by atoms with Gasteiger partial charge in [-0.25, -0.2) is 9.37 Å². The second-order valence-corrected chi connectivity index (χ2v) is 9.42.